The molecule has 0 saturated carbocycles. The number of aliphatic hydroxyl groups is 1. The maximum atomic E-state index is 9.66. The summed E-state index contributed by atoms with van der Waals surface area (Å²) in [7, 11) is 3.72. The molecule has 0 unspecified atom stereocenters. The van der Waals surface area contributed by atoms with Crippen LogP contribution in [0.3, 0.4) is 0 Å². The van der Waals surface area contributed by atoms with E-state index in [1.807, 2.05) is 19.2 Å². The smallest absolute Gasteiger partial charge is 0.204 e. The van der Waals surface area contributed by atoms with Gasteiger partial charge in [-0.3, -0.25) is 4.90 Å². The van der Waals surface area contributed by atoms with Crippen LogP contribution < -0.4 is 5.32 Å². The van der Waals surface area contributed by atoms with Gasteiger partial charge in [-0.15, -0.1) is 10.2 Å². The number of aliphatic hydroxyl groups excluding tert-OH is 1. The summed E-state index contributed by atoms with van der Waals surface area (Å²) in [6, 6.07) is 8.43. The number of benzene rings is 1. The molecule has 1 aromatic heterocycles. The number of nitrogens with zero attached hydrogens (tertiary/aromatic N) is 5. The Balaban J connectivity index is 1.77. The molecule has 0 amide bonds. The van der Waals surface area contributed by atoms with Crippen LogP contribution in [0.25, 0.3) is 11.4 Å². The fourth-order valence-electron chi connectivity index (χ4n) is 2.89. The summed E-state index contributed by atoms with van der Waals surface area (Å²) >= 11 is 0. The van der Waals surface area contributed by atoms with Crippen LogP contribution in [0.1, 0.15) is 18.0 Å². The van der Waals surface area contributed by atoms with Gasteiger partial charge in [-0.05, 0) is 30.3 Å². The largest absolute Gasteiger partial charge is 0.392 e. The minimum atomic E-state index is -0.187. The monoisotopic (exact) mass is 302 g/mol. The molecule has 2 N–H and O–H groups in total. The van der Waals surface area contributed by atoms with Crippen molar-refractivity contribution in [2.24, 2.45) is 7.05 Å². The van der Waals surface area contributed by atoms with Crippen LogP contribution in [0.2, 0.25) is 0 Å². The molecule has 7 nitrogen and oxygen atoms in total. The number of aromatic nitrogens is 4. The highest BCUT2D eigenvalue weighted by Crippen LogP contribution is 2.22. The topological polar surface area (TPSA) is 79.1 Å². The first-order chi connectivity index (χ1) is 10.7. The average Bonchev–Trinajstić information content (AvgIpc) is 3.13. The zero-order valence-electron chi connectivity index (χ0n) is 13.0. The van der Waals surface area contributed by atoms with Gasteiger partial charge in [-0.1, -0.05) is 18.2 Å². The van der Waals surface area contributed by atoms with E-state index in [0.717, 1.165) is 31.6 Å². The summed E-state index contributed by atoms with van der Waals surface area (Å²) in [6.07, 6.45) is 0.674. The molecule has 1 fully saturated rings. The SMILES string of the molecule is CN[C@@H](CN1CC[C@H](O)C1)c1cccc(-c2nnn(C)n2)c1. The third-order valence-corrected chi connectivity index (χ3v) is 4.09. The van der Waals surface area contributed by atoms with Crippen LogP contribution in [0, 0.1) is 0 Å². The first-order valence-corrected chi connectivity index (χ1v) is 7.57. The Morgan fingerprint density at radius 2 is 2.32 bits per heavy atom. The van der Waals surface area contributed by atoms with Gasteiger partial charge in [0.25, 0.3) is 0 Å². The fraction of sp³-hybridized carbons (Fsp3) is 0.533. The van der Waals surface area contributed by atoms with Crippen molar-refractivity contribution in [1.29, 1.82) is 0 Å². The number of rotatable bonds is 5. The van der Waals surface area contributed by atoms with Crippen LogP contribution in [0.15, 0.2) is 24.3 Å². The van der Waals surface area contributed by atoms with E-state index in [9.17, 15) is 5.11 Å². The third kappa shape index (κ3) is 3.32. The van der Waals surface area contributed by atoms with E-state index >= 15 is 0 Å². The fourth-order valence-corrected chi connectivity index (χ4v) is 2.89. The number of aryl methyl sites for hydroxylation is 1. The van der Waals surface area contributed by atoms with Gasteiger partial charge in [-0.25, -0.2) is 0 Å². The molecule has 1 aliphatic rings. The van der Waals surface area contributed by atoms with Crippen LogP contribution >= 0.6 is 0 Å². The second kappa shape index (κ2) is 6.51. The lowest BCUT2D eigenvalue weighted by atomic mass is 10.0. The van der Waals surface area contributed by atoms with E-state index in [-0.39, 0.29) is 12.1 Å². The molecular weight excluding hydrogens is 280 g/mol. The Morgan fingerprint density at radius 3 is 2.95 bits per heavy atom. The van der Waals surface area contributed by atoms with Crippen molar-refractivity contribution in [1.82, 2.24) is 30.4 Å². The van der Waals surface area contributed by atoms with E-state index in [0.29, 0.717) is 5.82 Å². The Hall–Kier alpha value is -1.83. The molecule has 0 aliphatic carbocycles. The zero-order chi connectivity index (χ0) is 15.5. The molecule has 1 aliphatic heterocycles. The predicted octanol–water partition coefficient (Wildman–Crippen LogP) is 0.204. The van der Waals surface area contributed by atoms with E-state index in [1.165, 1.54) is 10.4 Å². The Kier molecular flexibility index (Phi) is 4.47. The molecule has 0 bridgehead atoms. The maximum absolute atomic E-state index is 9.66. The molecule has 3 rings (SSSR count). The third-order valence-electron chi connectivity index (χ3n) is 4.09. The summed E-state index contributed by atoms with van der Waals surface area (Å²) in [5.74, 6) is 0.635. The molecule has 1 aromatic carbocycles. The van der Waals surface area contributed by atoms with E-state index < -0.39 is 0 Å². The highest BCUT2D eigenvalue weighted by Gasteiger charge is 2.23. The quantitative estimate of drug-likeness (QED) is 0.822. The lowest BCUT2D eigenvalue weighted by Gasteiger charge is -2.23. The van der Waals surface area contributed by atoms with Gasteiger partial charge in [0.2, 0.25) is 5.82 Å². The lowest BCUT2D eigenvalue weighted by Crippen LogP contribution is -2.33. The second-order valence-corrected chi connectivity index (χ2v) is 5.77. The lowest BCUT2D eigenvalue weighted by molar-refractivity contribution is 0.173. The number of tetrazole rings is 1. The van der Waals surface area contributed by atoms with Gasteiger partial charge >= 0.3 is 0 Å². The first-order valence-electron chi connectivity index (χ1n) is 7.57. The van der Waals surface area contributed by atoms with Crippen molar-refractivity contribution in [3.05, 3.63) is 29.8 Å². The highest BCUT2D eigenvalue weighted by molar-refractivity contribution is 5.55. The van der Waals surface area contributed by atoms with Crippen LogP contribution in [0.5, 0.6) is 0 Å². The molecule has 0 spiro atoms. The zero-order valence-corrected chi connectivity index (χ0v) is 13.0. The molecule has 2 atom stereocenters. The number of hydrogen-bond acceptors (Lipinski definition) is 6. The summed E-state index contributed by atoms with van der Waals surface area (Å²) in [6.45, 7) is 2.58. The van der Waals surface area contributed by atoms with Crippen molar-refractivity contribution < 1.29 is 5.11 Å². The van der Waals surface area contributed by atoms with Crippen molar-refractivity contribution >= 4 is 0 Å². The van der Waals surface area contributed by atoms with Gasteiger partial charge in [0.05, 0.1) is 13.2 Å². The molecule has 2 aromatic rings. The molecule has 22 heavy (non-hydrogen) atoms. The predicted molar refractivity (Wildman–Crippen MR) is 83.1 cm³/mol. The second-order valence-electron chi connectivity index (χ2n) is 5.77. The summed E-state index contributed by atoms with van der Waals surface area (Å²) in [5, 5.41) is 25.2. The van der Waals surface area contributed by atoms with Gasteiger partial charge in [0.1, 0.15) is 0 Å². The molecule has 1 saturated heterocycles. The van der Waals surface area contributed by atoms with Crippen molar-refractivity contribution in [2.45, 2.75) is 18.6 Å². The molecule has 118 valence electrons. The van der Waals surface area contributed by atoms with Crippen molar-refractivity contribution in [3.8, 4) is 11.4 Å². The van der Waals surface area contributed by atoms with Crippen molar-refractivity contribution in [2.75, 3.05) is 26.7 Å². The summed E-state index contributed by atoms with van der Waals surface area (Å²) in [4.78, 5) is 3.75. The van der Waals surface area contributed by atoms with Gasteiger partial charge in [0.15, 0.2) is 0 Å². The van der Waals surface area contributed by atoms with Gasteiger partial charge < -0.3 is 10.4 Å². The molecule has 2 heterocycles. The number of likely N-dealkylation sites (tertiary alicyclic amines) is 1. The Morgan fingerprint density at radius 1 is 1.45 bits per heavy atom. The Labute approximate surface area is 129 Å². The number of hydrogen-bond donors (Lipinski definition) is 2. The first kappa shape index (κ1) is 15.1. The number of nitrogens with one attached hydrogen (secondary N) is 1. The summed E-state index contributed by atoms with van der Waals surface area (Å²) < 4.78 is 0. The van der Waals surface area contributed by atoms with Crippen LogP contribution in [0.4, 0.5) is 0 Å². The van der Waals surface area contributed by atoms with E-state index in [1.54, 1.807) is 7.05 Å². The minimum Gasteiger partial charge on any atom is -0.392 e. The van der Waals surface area contributed by atoms with Gasteiger partial charge in [0, 0.05) is 31.2 Å². The normalized spacial score (nSPS) is 20.4. The summed E-state index contributed by atoms with van der Waals surface area (Å²) in [5.41, 5.74) is 2.15. The van der Waals surface area contributed by atoms with E-state index in [4.69, 9.17) is 0 Å². The van der Waals surface area contributed by atoms with Crippen LogP contribution in [-0.4, -0.2) is 63.0 Å². The Bertz CT molecular complexity index is 628. The highest BCUT2D eigenvalue weighted by atomic mass is 16.3. The minimum absolute atomic E-state index is 0.187. The molecular formula is C15H22N6O. The molecule has 7 heteroatoms. The standard InChI is InChI=1S/C15H22N6O/c1-16-14(10-21-7-6-13(22)9-21)11-4-3-5-12(8-11)15-17-19-20(2)18-15/h3-5,8,13-14,16,22H,6-7,9-10H2,1-2H3/t13-,14-/m0/s1. The molecule has 0 radical (unpaired) electrons. The van der Waals surface area contributed by atoms with Crippen molar-refractivity contribution in [3.63, 3.8) is 0 Å². The average molecular weight is 302 g/mol. The van der Waals surface area contributed by atoms with E-state index in [2.05, 4.69) is 37.8 Å². The number of likely N-dealkylation sites (N-methyl/N-ethyl adjacent to an activating group) is 1. The number of β-amino-alcohol motifs (C(OH)–C–C–N with tert-alkyl or cyclic N) is 1. The van der Waals surface area contributed by atoms with Gasteiger partial charge in [-0.2, -0.15) is 4.80 Å². The maximum Gasteiger partial charge on any atom is 0.204 e. The van der Waals surface area contributed by atoms with Crippen LogP contribution in [-0.2, 0) is 7.05 Å².